The zero-order valence-corrected chi connectivity index (χ0v) is 18.5. The summed E-state index contributed by atoms with van der Waals surface area (Å²) in [6.07, 6.45) is 6.06. The summed E-state index contributed by atoms with van der Waals surface area (Å²) in [5, 5.41) is 6.57. The number of nitrogens with one attached hydrogen (secondary N) is 2. The predicted octanol–water partition coefficient (Wildman–Crippen LogP) is 3.77. The topological polar surface area (TPSA) is 44.4 Å². The van der Waals surface area contributed by atoms with Gasteiger partial charge in [-0.3, -0.25) is 9.69 Å². The van der Waals surface area contributed by atoms with Gasteiger partial charge in [0.1, 0.15) is 0 Å². The Kier molecular flexibility index (Phi) is 8.62. The summed E-state index contributed by atoms with van der Waals surface area (Å²) < 4.78 is 0. The Bertz CT molecular complexity index is 623. The summed E-state index contributed by atoms with van der Waals surface area (Å²) in [4.78, 5) is 15.0. The first-order valence-corrected chi connectivity index (χ1v) is 10.4. The van der Waals surface area contributed by atoms with E-state index in [9.17, 15) is 4.79 Å². The van der Waals surface area contributed by atoms with Gasteiger partial charge in [0, 0.05) is 19.0 Å². The SMILES string of the molecule is CC1CCN(Cc2ccc(CNC(=O)C3CC34CCNCC4)cc2)CC1.Cl.Cl. The van der Waals surface area contributed by atoms with Crippen LogP contribution in [0.25, 0.3) is 0 Å². The zero-order chi connectivity index (χ0) is 18.0. The molecule has 1 spiro atoms. The molecule has 0 radical (unpaired) electrons. The number of hydrogen-bond acceptors (Lipinski definition) is 3. The first-order valence-electron chi connectivity index (χ1n) is 10.4. The van der Waals surface area contributed by atoms with Gasteiger partial charge in [-0.25, -0.2) is 0 Å². The maximum Gasteiger partial charge on any atom is 0.223 e. The lowest BCUT2D eigenvalue weighted by molar-refractivity contribution is -0.123. The molecule has 1 saturated carbocycles. The predicted molar refractivity (Wildman–Crippen MR) is 119 cm³/mol. The molecule has 1 aromatic carbocycles. The van der Waals surface area contributed by atoms with Crippen molar-refractivity contribution in [1.82, 2.24) is 15.5 Å². The largest absolute Gasteiger partial charge is 0.352 e. The molecular weight excluding hydrogens is 393 g/mol. The lowest BCUT2D eigenvalue weighted by Gasteiger charge is -2.30. The Hall–Kier alpha value is -0.810. The fraction of sp³-hybridized carbons (Fsp3) is 0.682. The maximum atomic E-state index is 12.5. The van der Waals surface area contributed by atoms with Gasteiger partial charge in [-0.15, -0.1) is 24.8 Å². The Labute approximate surface area is 182 Å². The number of halogens is 2. The van der Waals surface area contributed by atoms with Crippen molar-refractivity contribution >= 4 is 30.7 Å². The molecule has 1 unspecified atom stereocenters. The number of nitrogens with zero attached hydrogens (tertiary/aromatic N) is 1. The minimum absolute atomic E-state index is 0. The summed E-state index contributed by atoms with van der Waals surface area (Å²) in [5.41, 5.74) is 2.91. The standard InChI is InChI=1S/C22H33N3O.2ClH/c1-17-6-12-25(13-7-17)16-19-4-2-18(3-5-19)15-24-21(26)20-14-22(20)8-10-23-11-9-22;;/h2-5,17,20,23H,6-16H2,1H3,(H,24,26);2*1H. The molecule has 1 atom stereocenters. The first-order chi connectivity index (χ1) is 12.6. The molecule has 1 amide bonds. The number of hydrogen-bond donors (Lipinski definition) is 2. The van der Waals surface area contributed by atoms with Crippen molar-refractivity contribution in [3.05, 3.63) is 35.4 Å². The van der Waals surface area contributed by atoms with E-state index in [0.29, 0.717) is 12.0 Å². The van der Waals surface area contributed by atoms with Crippen LogP contribution in [0.5, 0.6) is 0 Å². The lowest BCUT2D eigenvalue weighted by atomic mass is 9.92. The fourth-order valence-corrected chi connectivity index (χ4v) is 4.75. The fourth-order valence-electron chi connectivity index (χ4n) is 4.75. The van der Waals surface area contributed by atoms with E-state index in [4.69, 9.17) is 0 Å². The third-order valence-corrected chi connectivity index (χ3v) is 6.88. The van der Waals surface area contributed by atoms with E-state index < -0.39 is 0 Å². The van der Waals surface area contributed by atoms with E-state index in [2.05, 4.69) is 46.7 Å². The van der Waals surface area contributed by atoms with Crippen LogP contribution in [0.4, 0.5) is 0 Å². The Balaban J connectivity index is 0.00000140. The average molecular weight is 428 g/mol. The second-order valence-corrected chi connectivity index (χ2v) is 8.86. The molecule has 2 heterocycles. The monoisotopic (exact) mass is 427 g/mol. The van der Waals surface area contributed by atoms with E-state index in [1.165, 1.54) is 37.1 Å². The van der Waals surface area contributed by atoms with Crippen molar-refractivity contribution in [2.75, 3.05) is 26.2 Å². The third kappa shape index (κ3) is 5.63. The molecule has 28 heavy (non-hydrogen) atoms. The molecule has 1 aliphatic carbocycles. The number of likely N-dealkylation sites (tertiary alicyclic amines) is 1. The van der Waals surface area contributed by atoms with Crippen molar-refractivity contribution in [2.24, 2.45) is 17.3 Å². The highest BCUT2D eigenvalue weighted by molar-refractivity contribution is 5.85. The van der Waals surface area contributed by atoms with E-state index in [0.717, 1.165) is 44.8 Å². The summed E-state index contributed by atoms with van der Waals surface area (Å²) >= 11 is 0. The number of carbonyl (C=O) groups is 1. The molecule has 6 heteroatoms. The van der Waals surface area contributed by atoms with Crippen LogP contribution in [0.2, 0.25) is 0 Å². The van der Waals surface area contributed by atoms with Gasteiger partial charge in [0.2, 0.25) is 5.91 Å². The van der Waals surface area contributed by atoms with Gasteiger partial charge in [-0.1, -0.05) is 31.2 Å². The molecule has 2 aliphatic heterocycles. The van der Waals surface area contributed by atoms with Crippen LogP contribution in [0, 0.1) is 17.3 Å². The van der Waals surface area contributed by atoms with E-state index >= 15 is 0 Å². The van der Waals surface area contributed by atoms with Crippen molar-refractivity contribution in [2.45, 2.75) is 52.1 Å². The molecule has 3 fully saturated rings. The van der Waals surface area contributed by atoms with Crippen LogP contribution >= 0.6 is 24.8 Å². The highest BCUT2D eigenvalue weighted by atomic mass is 35.5. The van der Waals surface area contributed by atoms with Crippen LogP contribution in [-0.2, 0) is 17.9 Å². The number of carbonyl (C=O) groups excluding carboxylic acids is 1. The van der Waals surface area contributed by atoms with Crippen molar-refractivity contribution in [3.8, 4) is 0 Å². The average Bonchev–Trinajstić information content (AvgIpc) is 3.36. The third-order valence-electron chi connectivity index (χ3n) is 6.88. The zero-order valence-electron chi connectivity index (χ0n) is 16.9. The smallest absolute Gasteiger partial charge is 0.223 e. The van der Waals surface area contributed by atoms with Crippen molar-refractivity contribution in [1.29, 1.82) is 0 Å². The van der Waals surface area contributed by atoms with Crippen molar-refractivity contribution < 1.29 is 4.79 Å². The number of piperidine rings is 2. The molecular formula is C22H35Cl2N3O. The van der Waals surface area contributed by atoms with Crippen LogP contribution < -0.4 is 10.6 Å². The molecule has 4 nitrogen and oxygen atoms in total. The van der Waals surface area contributed by atoms with Crippen LogP contribution in [-0.4, -0.2) is 37.0 Å². The molecule has 2 saturated heterocycles. The summed E-state index contributed by atoms with van der Waals surface area (Å²) in [6.45, 7) is 8.65. The minimum atomic E-state index is 0. The molecule has 158 valence electrons. The summed E-state index contributed by atoms with van der Waals surface area (Å²) in [6, 6.07) is 8.81. The Morgan fingerprint density at radius 1 is 1.11 bits per heavy atom. The molecule has 3 aliphatic rings. The van der Waals surface area contributed by atoms with Gasteiger partial charge < -0.3 is 10.6 Å². The molecule has 4 rings (SSSR count). The van der Waals surface area contributed by atoms with E-state index in [1.807, 2.05) is 0 Å². The van der Waals surface area contributed by atoms with Crippen molar-refractivity contribution in [3.63, 3.8) is 0 Å². The van der Waals surface area contributed by atoms with Gasteiger partial charge in [-0.05, 0) is 80.7 Å². The molecule has 1 aromatic rings. The van der Waals surface area contributed by atoms with E-state index in [-0.39, 0.29) is 36.6 Å². The van der Waals surface area contributed by atoms with Gasteiger partial charge in [0.25, 0.3) is 0 Å². The van der Waals surface area contributed by atoms with Gasteiger partial charge in [-0.2, -0.15) is 0 Å². The Morgan fingerprint density at radius 3 is 2.36 bits per heavy atom. The van der Waals surface area contributed by atoms with Gasteiger partial charge in [0.05, 0.1) is 0 Å². The lowest BCUT2D eigenvalue weighted by Crippen LogP contribution is -2.33. The number of amides is 1. The molecule has 2 N–H and O–H groups in total. The second kappa shape index (κ2) is 10.3. The van der Waals surface area contributed by atoms with Crippen LogP contribution in [0.15, 0.2) is 24.3 Å². The van der Waals surface area contributed by atoms with Gasteiger partial charge >= 0.3 is 0 Å². The maximum absolute atomic E-state index is 12.5. The molecule has 0 bridgehead atoms. The molecule has 0 aromatic heterocycles. The van der Waals surface area contributed by atoms with Gasteiger partial charge in [0.15, 0.2) is 0 Å². The number of benzene rings is 1. The highest BCUT2D eigenvalue weighted by Gasteiger charge is 2.57. The highest BCUT2D eigenvalue weighted by Crippen LogP contribution is 2.58. The quantitative estimate of drug-likeness (QED) is 0.751. The minimum Gasteiger partial charge on any atom is -0.352 e. The van der Waals surface area contributed by atoms with Crippen LogP contribution in [0.3, 0.4) is 0 Å². The second-order valence-electron chi connectivity index (χ2n) is 8.86. The van der Waals surface area contributed by atoms with Crippen LogP contribution in [0.1, 0.15) is 50.2 Å². The summed E-state index contributed by atoms with van der Waals surface area (Å²) in [7, 11) is 0. The Morgan fingerprint density at radius 2 is 1.71 bits per heavy atom. The first kappa shape index (κ1) is 23.5. The summed E-state index contributed by atoms with van der Waals surface area (Å²) in [5.74, 6) is 1.40. The normalized spacial score (nSPS) is 24.1. The van der Waals surface area contributed by atoms with E-state index in [1.54, 1.807) is 0 Å². The number of rotatable bonds is 5.